The van der Waals surface area contributed by atoms with E-state index in [9.17, 15) is 0 Å². The van der Waals surface area contributed by atoms with Gasteiger partial charge in [0.25, 0.3) is 0 Å². The number of hydrogen-bond donors (Lipinski definition) is 1. The molecular formula is C11H15NO. The molecule has 0 amide bonds. The second-order valence-corrected chi connectivity index (χ2v) is 3.87. The number of ether oxygens (including phenoxy) is 1. The second kappa shape index (κ2) is 3.04. The fourth-order valence-corrected chi connectivity index (χ4v) is 1.93. The van der Waals surface area contributed by atoms with Gasteiger partial charge in [-0.2, -0.15) is 0 Å². The molecule has 1 aromatic carbocycles. The molecule has 0 fully saturated rings. The van der Waals surface area contributed by atoms with Crippen LogP contribution in [0.4, 0.5) is 0 Å². The van der Waals surface area contributed by atoms with Crippen LogP contribution in [-0.2, 0) is 6.42 Å². The lowest BCUT2D eigenvalue weighted by molar-refractivity contribution is 0.117. The molecule has 0 aromatic heterocycles. The molecule has 1 N–H and O–H groups in total. The zero-order chi connectivity index (χ0) is 9.31. The normalized spacial score (nSPS) is 25.4. The van der Waals surface area contributed by atoms with Gasteiger partial charge >= 0.3 is 0 Å². The van der Waals surface area contributed by atoms with E-state index in [0.29, 0.717) is 0 Å². The second-order valence-electron chi connectivity index (χ2n) is 3.87. The quantitative estimate of drug-likeness (QED) is 0.741. The highest BCUT2D eigenvalue weighted by molar-refractivity contribution is 5.38. The molecule has 0 saturated carbocycles. The summed E-state index contributed by atoms with van der Waals surface area (Å²) in [4.78, 5) is 0. The van der Waals surface area contributed by atoms with E-state index in [4.69, 9.17) is 4.74 Å². The molecule has 70 valence electrons. The Morgan fingerprint density at radius 2 is 2.23 bits per heavy atom. The van der Waals surface area contributed by atoms with Crippen LogP contribution in [0.2, 0.25) is 0 Å². The van der Waals surface area contributed by atoms with Crippen molar-refractivity contribution >= 4 is 0 Å². The van der Waals surface area contributed by atoms with Gasteiger partial charge in [0.1, 0.15) is 11.4 Å². The Labute approximate surface area is 78.9 Å². The lowest BCUT2D eigenvalue weighted by Crippen LogP contribution is -2.40. The molecule has 0 radical (unpaired) electrons. The Morgan fingerprint density at radius 1 is 1.46 bits per heavy atom. The number of para-hydroxylation sites is 1. The summed E-state index contributed by atoms with van der Waals surface area (Å²) in [5.41, 5.74) is 1.26. The highest BCUT2D eigenvalue weighted by atomic mass is 16.5. The smallest absolute Gasteiger partial charge is 0.123 e. The Morgan fingerprint density at radius 3 is 2.92 bits per heavy atom. The predicted molar refractivity (Wildman–Crippen MR) is 53.1 cm³/mol. The summed E-state index contributed by atoms with van der Waals surface area (Å²) in [6.07, 6.45) is 1.00. The van der Waals surface area contributed by atoms with Crippen molar-refractivity contribution < 1.29 is 4.74 Å². The minimum Gasteiger partial charge on any atom is -0.486 e. The summed E-state index contributed by atoms with van der Waals surface area (Å²) in [6, 6.07) is 8.25. The monoisotopic (exact) mass is 177 g/mol. The van der Waals surface area contributed by atoms with Crippen LogP contribution in [0.1, 0.15) is 12.5 Å². The molecule has 1 aliphatic heterocycles. The maximum atomic E-state index is 5.87. The van der Waals surface area contributed by atoms with Gasteiger partial charge in [-0.15, -0.1) is 0 Å². The molecule has 2 nitrogen and oxygen atoms in total. The number of benzene rings is 1. The van der Waals surface area contributed by atoms with Crippen LogP contribution in [0.15, 0.2) is 24.3 Å². The predicted octanol–water partition coefficient (Wildman–Crippen LogP) is 1.60. The molecule has 2 rings (SSSR count). The number of fused-ring (bicyclic) bond motifs is 1. The van der Waals surface area contributed by atoms with Crippen molar-refractivity contribution in [3.63, 3.8) is 0 Å². The standard InChI is InChI=1S/C11H15NO/c1-11(8-12-2)7-9-5-3-4-6-10(9)13-11/h3-6,12H,7-8H2,1-2H3/t11-/m1/s1. The van der Waals surface area contributed by atoms with Crippen LogP contribution >= 0.6 is 0 Å². The van der Waals surface area contributed by atoms with Crippen LogP contribution in [0, 0.1) is 0 Å². The van der Waals surface area contributed by atoms with Gasteiger partial charge in [0.2, 0.25) is 0 Å². The van der Waals surface area contributed by atoms with Crippen molar-refractivity contribution in [3.8, 4) is 5.75 Å². The lowest BCUT2D eigenvalue weighted by Gasteiger charge is -2.23. The molecule has 1 atom stereocenters. The van der Waals surface area contributed by atoms with E-state index in [-0.39, 0.29) is 5.60 Å². The molecule has 1 heterocycles. The summed E-state index contributed by atoms with van der Waals surface area (Å²) in [6.45, 7) is 3.03. The van der Waals surface area contributed by atoms with E-state index in [1.165, 1.54) is 5.56 Å². The Bertz CT molecular complexity index is 284. The Balaban J connectivity index is 2.21. The first-order valence-electron chi connectivity index (χ1n) is 4.65. The van der Waals surface area contributed by atoms with E-state index in [0.717, 1.165) is 18.7 Å². The Kier molecular flexibility index (Phi) is 2.00. The van der Waals surface area contributed by atoms with Crippen molar-refractivity contribution in [2.45, 2.75) is 18.9 Å². The number of rotatable bonds is 2. The van der Waals surface area contributed by atoms with Gasteiger partial charge < -0.3 is 10.1 Å². The largest absolute Gasteiger partial charge is 0.486 e. The molecule has 13 heavy (non-hydrogen) atoms. The highest BCUT2D eigenvalue weighted by Gasteiger charge is 2.33. The maximum Gasteiger partial charge on any atom is 0.123 e. The van der Waals surface area contributed by atoms with Crippen molar-refractivity contribution in [1.29, 1.82) is 0 Å². The summed E-state index contributed by atoms with van der Waals surface area (Å²) in [7, 11) is 1.96. The third kappa shape index (κ3) is 1.54. The van der Waals surface area contributed by atoms with Gasteiger partial charge in [-0.1, -0.05) is 18.2 Å². The number of nitrogens with one attached hydrogen (secondary N) is 1. The average molecular weight is 177 g/mol. The first-order chi connectivity index (χ1) is 6.23. The molecule has 0 bridgehead atoms. The van der Waals surface area contributed by atoms with Gasteiger partial charge in [0.05, 0.1) is 0 Å². The first-order valence-corrected chi connectivity index (χ1v) is 4.65. The molecule has 0 spiro atoms. The van der Waals surface area contributed by atoms with Crippen molar-refractivity contribution in [3.05, 3.63) is 29.8 Å². The molecule has 2 heteroatoms. The van der Waals surface area contributed by atoms with Crippen molar-refractivity contribution in [2.24, 2.45) is 0 Å². The van der Waals surface area contributed by atoms with Crippen molar-refractivity contribution in [2.75, 3.05) is 13.6 Å². The summed E-state index contributed by atoms with van der Waals surface area (Å²) in [5.74, 6) is 1.04. The van der Waals surface area contributed by atoms with Crippen LogP contribution in [-0.4, -0.2) is 19.2 Å². The van der Waals surface area contributed by atoms with E-state index in [1.807, 2.05) is 19.2 Å². The summed E-state index contributed by atoms with van der Waals surface area (Å²) < 4.78 is 5.87. The number of hydrogen-bond acceptors (Lipinski definition) is 2. The fourth-order valence-electron chi connectivity index (χ4n) is 1.93. The van der Waals surface area contributed by atoms with E-state index < -0.39 is 0 Å². The molecular weight excluding hydrogens is 162 g/mol. The molecule has 0 unspecified atom stereocenters. The molecule has 0 saturated heterocycles. The lowest BCUT2D eigenvalue weighted by atomic mass is 9.99. The van der Waals surface area contributed by atoms with Crippen LogP contribution in [0.25, 0.3) is 0 Å². The van der Waals surface area contributed by atoms with E-state index in [1.54, 1.807) is 0 Å². The van der Waals surface area contributed by atoms with E-state index >= 15 is 0 Å². The van der Waals surface area contributed by atoms with E-state index in [2.05, 4.69) is 24.4 Å². The zero-order valence-corrected chi connectivity index (χ0v) is 8.13. The van der Waals surface area contributed by atoms with Crippen LogP contribution in [0.3, 0.4) is 0 Å². The average Bonchev–Trinajstić information content (AvgIpc) is 2.40. The Hall–Kier alpha value is -1.02. The highest BCUT2D eigenvalue weighted by Crippen LogP contribution is 2.33. The zero-order valence-electron chi connectivity index (χ0n) is 8.13. The van der Waals surface area contributed by atoms with Gasteiger partial charge in [-0.25, -0.2) is 0 Å². The fraction of sp³-hybridized carbons (Fsp3) is 0.455. The summed E-state index contributed by atoms with van der Waals surface area (Å²) in [5, 5.41) is 3.16. The SMILES string of the molecule is CNC[C@@]1(C)Cc2ccccc2O1. The summed E-state index contributed by atoms with van der Waals surface area (Å²) >= 11 is 0. The number of likely N-dealkylation sites (N-methyl/N-ethyl adjacent to an activating group) is 1. The molecule has 1 aliphatic rings. The molecule has 0 aliphatic carbocycles. The molecule has 1 aromatic rings. The van der Waals surface area contributed by atoms with Gasteiger partial charge in [-0.3, -0.25) is 0 Å². The topological polar surface area (TPSA) is 21.3 Å². The van der Waals surface area contributed by atoms with Gasteiger partial charge in [0, 0.05) is 13.0 Å². The van der Waals surface area contributed by atoms with Crippen LogP contribution < -0.4 is 10.1 Å². The minimum absolute atomic E-state index is 0.0571. The maximum absolute atomic E-state index is 5.87. The van der Waals surface area contributed by atoms with Crippen molar-refractivity contribution in [1.82, 2.24) is 5.32 Å². The first kappa shape index (κ1) is 8.57. The van der Waals surface area contributed by atoms with Gasteiger partial charge in [0.15, 0.2) is 0 Å². The third-order valence-electron chi connectivity index (χ3n) is 2.44. The van der Waals surface area contributed by atoms with Gasteiger partial charge in [-0.05, 0) is 25.6 Å². The minimum atomic E-state index is -0.0571. The third-order valence-corrected chi connectivity index (χ3v) is 2.44. The van der Waals surface area contributed by atoms with Crippen LogP contribution in [0.5, 0.6) is 5.75 Å².